The molecule has 8 heteroatoms. The fourth-order valence-corrected chi connectivity index (χ4v) is 2.84. The number of halogens is 4. The predicted octanol–water partition coefficient (Wildman–Crippen LogP) is 4.39. The molecular formula is C12H10Cl4N2OS. The second kappa shape index (κ2) is 5.50. The molecule has 3 nitrogen and oxygen atoms in total. The molecule has 0 bridgehead atoms. The van der Waals surface area contributed by atoms with Crippen molar-refractivity contribution in [3.05, 3.63) is 28.2 Å². The van der Waals surface area contributed by atoms with Crippen molar-refractivity contribution in [3.63, 3.8) is 0 Å². The van der Waals surface area contributed by atoms with Gasteiger partial charge in [0, 0.05) is 5.69 Å². The summed E-state index contributed by atoms with van der Waals surface area (Å²) in [4.78, 5) is 12.0. The second-order valence-corrected chi connectivity index (χ2v) is 7.46. The van der Waals surface area contributed by atoms with Gasteiger partial charge in [-0.1, -0.05) is 23.2 Å². The third kappa shape index (κ3) is 3.15. The van der Waals surface area contributed by atoms with Crippen molar-refractivity contribution < 1.29 is 4.79 Å². The van der Waals surface area contributed by atoms with Crippen molar-refractivity contribution in [2.24, 2.45) is 5.41 Å². The topological polar surface area (TPSA) is 41.1 Å². The first-order chi connectivity index (χ1) is 9.15. The van der Waals surface area contributed by atoms with E-state index in [1.807, 2.05) is 0 Å². The molecule has 1 atom stereocenters. The van der Waals surface area contributed by atoms with Crippen molar-refractivity contribution >= 4 is 75.3 Å². The third-order valence-electron chi connectivity index (χ3n) is 3.16. The van der Waals surface area contributed by atoms with E-state index in [4.69, 9.17) is 58.6 Å². The molecular weight excluding hydrogens is 362 g/mol. The van der Waals surface area contributed by atoms with Crippen LogP contribution in [0.15, 0.2) is 18.2 Å². The lowest BCUT2D eigenvalue weighted by molar-refractivity contribution is -0.124. The van der Waals surface area contributed by atoms with E-state index in [0.717, 1.165) is 0 Å². The number of hydrogen-bond donors (Lipinski definition) is 2. The molecule has 1 aromatic carbocycles. The molecule has 1 aliphatic rings. The van der Waals surface area contributed by atoms with Gasteiger partial charge in [0.1, 0.15) is 4.33 Å². The van der Waals surface area contributed by atoms with Crippen molar-refractivity contribution in [1.82, 2.24) is 5.32 Å². The highest BCUT2D eigenvalue weighted by Gasteiger charge is 2.68. The summed E-state index contributed by atoms with van der Waals surface area (Å²) in [5, 5.41) is 6.37. The van der Waals surface area contributed by atoms with Crippen LogP contribution in [0, 0.1) is 5.41 Å². The minimum absolute atomic E-state index is 0.144. The molecule has 1 unspecified atom stereocenters. The van der Waals surface area contributed by atoms with Crippen molar-refractivity contribution in [2.75, 3.05) is 5.32 Å². The van der Waals surface area contributed by atoms with Crippen LogP contribution >= 0.6 is 58.6 Å². The highest BCUT2D eigenvalue weighted by molar-refractivity contribution is 7.80. The molecule has 2 N–H and O–H groups in total. The highest BCUT2D eigenvalue weighted by Crippen LogP contribution is 2.63. The lowest BCUT2D eigenvalue weighted by Crippen LogP contribution is -2.40. The van der Waals surface area contributed by atoms with Gasteiger partial charge in [0.15, 0.2) is 5.11 Å². The molecule has 0 heterocycles. The van der Waals surface area contributed by atoms with Crippen LogP contribution in [0.5, 0.6) is 0 Å². The van der Waals surface area contributed by atoms with Crippen LogP contribution in [0.3, 0.4) is 0 Å². The normalized spacial score (nSPS) is 23.1. The lowest BCUT2D eigenvalue weighted by Gasteiger charge is -2.14. The first-order valence-electron chi connectivity index (χ1n) is 5.61. The summed E-state index contributed by atoms with van der Waals surface area (Å²) in [6, 6.07) is 4.93. The van der Waals surface area contributed by atoms with Gasteiger partial charge in [-0.3, -0.25) is 4.79 Å². The summed E-state index contributed by atoms with van der Waals surface area (Å²) in [7, 11) is 0. The summed E-state index contributed by atoms with van der Waals surface area (Å²) in [5.74, 6) is -0.319. The Hall–Kier alpha value is -0.260. The lowest BCUT2D eigenvalue weighted by atomic mass is 10.1. The molecule has 1 amide bonds. The van der Waals surface area contributed by atoms with Gasteiger partial charge in [0.25, 0.3) is 0 Å². The van der Waals surface area contributed by atoms with Crippen LogP contribution in [0.1, 0.15) is 13.3 Å². The molecule has 0 aliphatic heterocycles. The van der Waals surface area contributed by atoms with E-state index in [1.54, 1.807) is 25.1 Å². The Labute approximate surface area is 141 Å². The average molecular weight is 372 g/mol. The molecule has 1 saturated carbocycles. The van der Waals surface area contributed by atoms with Crippen LogP contribution < -0.4 is 10.6 Å². The summed E-state index contributed by atoms with van der Waals surface area (Å²) in [6.07, 6.45) is 0.393. The van der Waals surface area contributed by atoms with Crippen LogP contribution in [-0.4, -0.2) is 15.4 Å². The number of nitrogens with one attached hydrogen (secondary N) is 2. The number of carbonyl (C=O) groups excluding carboxylic acids is 1. The van der Waals surface area contributed by atoms with Crippen LogP contribution in [-0.2, 0) is 4.79 Å². The summed E-state index contributed by atoms with van der Waals surface area (Å²) in [6.45, 7) is 1.68. The monoisotopic (exact) mass is 370 g/mol. The SMILES string of the molecule is CC1(C(=O)NC(=S)Nc2ccc(Cl)c(Cl)c2)CC1(Cl)Cl. The molecule has 1 aromatic rings. The molecule has 2 rings (SSSR count). The standard InChI is InChI=1S/C12H10Cl4N2OS/c1-11(5-12(11,15)16)9(19)18-10(20)17-6-2-3-7(13)8(14)4-6/h2-4H,5H2,1H3,(H2,17,18,19,20). The number of amides is 1. The Kier molecular flexibility index (Phi) is 4.43. The van der Waals surface area contributed by atoms with Crippen molar-refractivity contribution in [2.45, 2.75) is 17.7 Å². The van der Waals surface area contributed by atoms with Gasteiger partial charge in [0.2, 0.25) is 5.91 Å². The number of carbonyl (C=O) groups is 1. The summed E-state index contributed by atoms with van der Waals surface area (Å²) >= 11 is 28.6. The zero-order chi connectivity index (χ0) is 15.1. The van der Waals surface area contributed by atoms with Gasteiger partial charge < -0.3 is 10.6 Å². The predicted molar refractivity (Wildman–Crippen MR) is 88.0 cm³/mol. The van der Waals surface area contributed by atoms with Gasteiger partial charge in [-0.25, -0.2) is 0 Å². The Morgan fingerprint density at radius 1 is 1.30 bits per heavy atom. The Balaban J connectivity index is 1.96. The van der Waals surface area contributed by atoms with Gasteiger partial charge in [-0.15, -0.1) is 23.2 Å². The van der Waals surface area contributed by atoms with Gasteiger partial charge in [-0.05, 0) is 43.8 Å². The number of alkyl halides is 2. The Morgan fingerprint density at radius 2 is 1.90 bits per heavy atom. The smallest absolute Gasteiger partial charge is 0.235 e. The van der Waals surface area contributed by atoms with E-state index in [1.165, 1.54) is 0 Å². The van der Waals surface area contributed by atoms with Crippen molar-refractivity contribution in [1.29, 1.82) is 0 Å². The summed E-state index contributed by atoms with van der Waals surface area (Å²) in [5.41, 5.74) is -0.201. The quantitative estimate of drug-likeness (QED) is 0.598. The highest BCUT2D eigenvalue weighted by atomic mass is 35.5. The molecule has 1 aliphatic carbocycles. The maximum absolute atomic E-state index is 12.0. The Morgan fingerprint density at radius 3 is 2.40 bits per heavy atom. The fraction of sp³-hybridized carbons (Fsp3) is 0.333. The number of benzene rings is 1. The zero-order valence-electron chi connectivity index (χ0n) is 10.3. The van der Waals surface area contributed by atoms with E-state index in [9.17, 15) is 4.79 Å². The van der Waals surface area contributed by atoms with Crippen LogP contribution in [0.25, 0.3) is 0 Å². The maximum Gasteiger partial charge on any atom is 0.235 e. The number of anilines is 1. The van der Waals surface area contributed by atoms with E-state index in [0.29, 0.717) is 22.2 Å². The number of thiocarbonyl (C=S) groups is 1. The van der Waals surface area contributed by atoms with Gasteiger partial charge >= 0.3 is 0 Å². The molecule has 1 fully saturated rings. The Bertz CT molecular complexity index is 593. The van der Waals surface area contributed by atoms with E-state index in [-0.39, 0.29) is 11.0 Å². The molecule has 20 heavy (non-hydrogen) atoms. The van der Waals surface area contributed by atoms with Crippen molar-refractivity contribution in [3.8, 4) is 0 Å². The minimum atomic E-state index is -1.03. The molecule has 108 valence electrons. The molecule has 0 spiro atoms. The number of rotatable bonds is 2. The first-order valence-corrected chi connectivity index (χ1v) is 7.53. The van der Waals surface area contributed by atoms with Crippen LogP contribution in [0.4, 0.5) is 5.69 Å². The van der Waals surface area contributed by atoms with E-state index in [2.05, 4.69) is 10.6 Å². The maximum atomic E-state index is 12.0. The fourth-order valence-electron chi connectivity index (χ4n) is 1.62. The minimum Gasteiger partial charge on any atom is -0.332 e. The molecule has 0 aromatic heterocycles. The average Bonchev–Trinajstić information content (AvgIpc) is 2.85. The van der Waals surface area contributed by atoms with Crippen LogP contribution in [0.2, 0.25) is 10.0 Å². The third-order valence-corrected chi connectivity index (χ3v) is 5.21. The summed E-state index contributed by atoms with van der Waals surface area (Å²) < 4.78 is -1.03. The largest absolute Gasteiger partial charge is 0.332 e. The second-order valence-electron chi connectivity index (χ2n) is 4.75. The van der Waals surface area contributed by atoms with E-state index >= 15 is 0 Å². The zero-order valence-corrected chi connectivity index (χ0v) is 14.1. The first kappa shape index (κ1) is 16.1. The van der Waals surface area contributed by atoms with Gasteiger partial charge in [-0.2, -0.15) is 0 Å². The molecule has 0 saturated heterocycles. The van der Waals surface area contributed by atoms with Gasteiger partial charge in [0.05, 0.1) is 15.5 Å². The molecule has 0 radical (unpaired) electrons. The number of hydrogen-bond acceptors (Lipinski definition) is 2. The van der Waals surface area contributed by atoms with E-state index < -0.39 is 9.75 Å².